The zero-order valence-corrected chi connectivity index (χ0v) is 20.9. The van der Waals surface area contributed by atoms with Crippen molar-refractivity contribution in [2.45, 2.75) is 27.2 Å². The molecule has 2 heterocycles. The molecule has 2 aliphatic heterocycles. The second-order valence-electron chi connectivity index (χ2n) is 7.99. The average molecular weight is 493 g/mol. The second kappa shape index (κ2) is 11.3. The number of amides is 1. The van der Waals surface area contributed by atoms with Crippen LogP contribution in [-0.2, 0) is 9.53 Å². The van der Waals surface area contributed by atoms with Gasteiger partial charge in [0.05, 0.1) is 18.8 Å². The summed E-state index contributed by atoms with van der Waals surface area (Å²) in [6.45, 7) is 7.93. The van der Waals surface area contributed by atoms with E-state index < -0.39 is 5.91 Å². The minimum atomic E-state index is -0.430. The zero-order chi connectivity index (χ0) is 24.8. The average Bonchev–Trinajstić information content (AvgIpc) is 3.27. The highest BCUT2D eigenvalue weighted by molar-refractivity contribution is 8.26. The van der Waals surface area contributed by atoms with Crippen molar-refractivity contribution in [3.05, 3.63) is 64.7 Å². The van der Waals surface area contributed by atoms with E-state index in [0.717, 1.165) is 22.8 Å². The number of thioether (sulfide) groups is 1. The van der Waals surface area contributed by atoms with E-state index in [9.17, 15) is 4.79 Å². The van der Waals surface area contributed by atoms with Crippen molar-refractivity contribution in [3.63, 3.8) is 0 Å². The summed E-state index contributed by atoms with van der Waals surface area (Å²) in [6.07, 6.45) is 2.38. The third-order valence-corrected chi connectivity index (χ3v) is 6.51. The largest absolute Gasteiger partial charge is 0.491 e. The van der Waals surface area contributed by atoms with E-state index in [1.54, 1.807) is 6.08 Å². The summed E-state index contributed by atoms with van der Waals surface area (Å²) >= 11 is 1.33. The van der Waals surface area contributed by atoms with E-state index in [1.807, 2.05) is 49.4 Å². The number of nitrogens with zero attached hydrogens (tertiary/aromatic N) is 3. The Morgan fingerprint density at radius 3 is 2.34 bits per heavy atom. The number of hydrogen-bond donors (Lipinski definition) is 1. The molecule has 1 N–H and O–H groups in total. The fraction of sp³-hybridized carbons (Fsp3) is 0.308. The van der Waals surface area contributed by atoms with Crippen molar-refractivity contribution in [1.29, 1.82) is 5.41 Å². The molecule has 0 aliphatic carbocycles. The minimum absolute atomic E-state index is 0.0370. The first kappa shape index (κ1) is 24.7. The van der Waals surface area contributed by atoms with E-state index in [0.29, 0.717) is 37.3 Å². The SMILES string of the molecule is CCC1=NN2C(=N)/C(=C\c3ccc(OCCOCCOc4ccc(C)c(C)c4)cc3)C(=O)N=C2S1. The normalized spacial score (nSPS) is 16.3. The Morgan fingerprint density at radius 2 is 1.66 bits per heavy atom. The van der Waals surface area contributed by atoms with Gasteiger partial charge in [0, 0.05) is 0 Å². The molecule has 0 saturated carbocycles. The number of carbonyl (C=O) groups is 1. The maximum atomic E-state index is 12.4. The smallest absolute Gasteiger partial charge is 0.283 e. The van der Waals surface area contributed by atoms with Crippen LogP contribution in [0.2, 0.25) is 0 Å². The molecule has 182 valence electrons. The van der Waals surface area contributed by atoms with E-state index in [2.05, 4.69) is 23.9 Å². The second-order valence-corrected chi connectivity index (χ2v) is 9.03. The van der Waals surface area contributed by atoms with Crippen LogP contribution in [0.15, 0.2) is 58.1 Å². The lowest BCUT2D eigenvalue weighted by atomic mass is 10.1. The lowest BCUT2D eigenvalue weighted by Gasteiger charge is -2.20. The number of hydrogen-bond acceptors (Lipinski definition) is 7. The molecule has 2 aliphatic rings. The molecule has 8 nitrogen and oxygen atoms in total. The molecule has 0 atom stereocenters. The number of benzene rings is 2. The molecule has 0 fully saturated rings. The maximum absolute atomic E-state index is 12.4. The maximum Gasteiger partial charge on any atom is 0.283 e. The predicted molar refractivity (Wildman–Crippen MR) is 139 cm³/mol. The molecular formula is C26H28N4O4S. The predicted octanol–water partition coefficient (Wildman–Crippen LogP) is 4.81. The molecule has 0 bridgehead atoms. The Morgan fingerprint density at radius 1 is 0.971 bits per heavy atom. The topological polar surface area (TPSA) is 96.6 Å². The highest BCUT2D eigenvalue weighted by atomic mass is 32.2. The molecule has 0 radical (unpaired) electrons. The summed E-state index contributed by atoms with van der Waals surface area (Å²) < 4.78 is 17.0. The van der Waals surface area contributed by atoms with Gasteiger partial charge in [-0.1, -0.05) is 25.1 Å². The molecule has 2 aromatic rings. The molecule has 2 aromatic carbocycles. The van der Waals surface area contributed by atoms with Gasteiger partial charge in [-0.25, -0.2) is 0 Å². The lowest BCUT2D eigenvalue weighted by molar-refractivity contribution is -0.114. The molecule has 1 amide bonds. The van der Waals surface area contributed by atoms with Crippen molar-refractivity contribution in [3.8, 4) is 11.5 Å². The van der Waals surface area contributed by atoms with E-state index in [4.69, 9.17) is 19.6 Å². The van der Waals surface area contributed by atoms with Crippen LogP contribution in [0.1, 0.15) is 30.0 Å². The number of fused-ring (bicyclic) bond motifs is 1. The van der Waals surface area contributed by atoms with Gasteiger partial charge in [0.1, 0.15) is 29.8 Å². The van der Waals surface area contributed by atoms with Gasteiger partial charge < -0.3 is 14.2 Å². The van der Waals surface area contributed by atoms with Gasteiger partial charge in [-0.15, -0.1) is 0 Å². The van der Waals surface area contributed by atoms with Gasteiger partial charge >= 0.3 is 0 Å². The highest BCUT2D eigenvalue weighted by Gasteiger charge is 2.35. The molecule has 4 rings (SSSR count). The Hall–Kier alpha value is -3.43. The van der Waals surface area contributed by atoms with Crippen LogP contribution in [-0.4, -0.2) is 53.4 Å². The van der Waals surface area contributed by atoms with Gasteiger partial charge in [-0.3, -0.25) is 10.2 Å². The van der Waals surface area contributed by atoms with Crippen molar-refractivity contribution in [1.82, 2.24) is 5.01 Å². The van der Waals surface area contributed by atoms with Crippen LogP contribution in [0.4, 0.5) is 0 Å². The quantitative estimate of drug-likeness (QED) is 0.378. The first-order valence-corrected chi connectivity index (χ1v) is 12.3. The molecule has 0 aromatic heterocycles. The van der Waals surface area contributed by atoms with Crippen LogP contribution in [0.25, 0.3) is 6.08 Å². The Kier molecular flexibility index (Phi) is 7.99. The Labute approximate surface area is 209 Å². The van der Waals surface area contributed by atoms with Crippen LogP contribution in [0, 0.1) is 19.3 Å². The fourth-order valence-electron chi connectivity index (χ4n) is 3.34. The molecule has 0 saturated heterocycles. The van der Waals surface area contributed by atoms with Crippen molar-refractivity contribution in [2.24, 2.45) is 10.1 Å². The fourth-order valence-corrected chi connectivity index (χ4v) is 4.17. The van der Waals surface area contributed by atoms with Crippen LogP contribution >= 0.6 is 11.8 Å². The number of aliphatic imine (C=N–C) groups is 1. The third kappa shape index (κ3) is 6.17. The molecular weight excluding hydrogens is 464 g/mol. The summed E-state index contributed by atoms with van der Waals surface area (Å²) in [6, 6.07) is 13.3. The first-order valence-electron chi connectivity index (χ1n) is 11.4. The van der Waals surface area contributed by atoms with E-state index in [1.165, 1.54) is 27.9 Å². The van der Waals surface area contributed by atoms with Crippen molar-refractivity contribution < 1.29 is 19.0 Å². The number of aryl methyl sites for hydroxylation is 2. The molecule has 0 spiro atoms. The third-order valence-electron chi connectivity index (χ3n) is 5.46. The number of amidine groups is 2. The summed E-state index contributed by atoms with van der Waals surface area (Å²) in [5.74, 6) is 1.15. The number of hydrazone groups is 1. The van der Waals surface area contributed by atoms with Gasteiger partial charge in [0.2, 0.25) is 5.17 Å². The van der Waals surface area contributed by atoms with Gasteiger partial charge in [0.25, 0.3) is 5.91 Å². The van der Waals surface area contributed by atoms with Gasteiger partial charge in [-0.2, -0.15) is 15.1 Å². The molecule has 35 heavy (non-hydrogen) atoms. The lowest BCUT2D eigenvalue weighted by Crippen LogP contribution is -2.35. The Bertz CT molecular complexity index is 1200. The summed E-state index contributed by atoms with van der Waals surface area (Å²) in [5.41, 5.74) is 3.43. The van der Waals surface area contributed by atoms with E-state index >= 15 is 0 Å². The minimum Gasteiger partial charge on any atom is -0.491 e. The zero-order valence-electron chi connectivity index (χ0n) is 20.0. The number of ether oxygens (including phenoxy) is 3. The van der Waals surface area contributed by atoms with E-state index in [-0.39, 0.29) is 11.4 Å². The monoisotopic (exact) mass is 492 g/mol. The van der Waals surface area contributed by atoms with Crippen molar-refractivity contribution in [2.75, 3.05) is 26.4 Å². The Balaban J connectivity index is 1.21. The first-order chi connectivity index (χ1) is 16.9. The number of rotatable bonds is 10. The van der Waals surface area contributed by atoms with Gasteiger partial charge in [-0.05, 0) is 79.1 Å². The summed E-state index contributed by atoms with van der Waals surface area (Å²) in [4.78, 5) is 16.5. The molecule has 0 unspecified atom stereocenters. The van der Waals surface area contributed by atoms with Crippen molar-refractivity contribution >= 4 is 39.8 Å². The highest BCUT2D eigenvalue weighted by Crippen LogP contribution is 2.29. The van der Waals surface area contributed by atoms with Crippen LogP contribution in [0.3, 0.4) is 0 Å². The molecule has 9 heteroatoms. The summed E-state index contributed by atoms with van der Waals surface area (Å²) in [7, 11) is 0. The standard InChI is InChI=1S/C26H28N4O4S/c1-4-23-29-30-24(27)22(25(31)28-26(30)35-23)16-19-6-9-20(10-7-19)33-13-11-32-12-14-34-21-8-5-17(2)18(3)15-21/h5-10,15-16,27H,4,11-14H2,1-3H3/b22-16+,27-24?. The number of carbonyl (C=O) groups excluding carboxylic acids is 1. The van der Waals surface area contributed by atoms with Crippen LogP contribution < -0.4 is 9.47 Å². The summed E-state index contributed by atoms with van der Waals surface area (Å²) in [5, 5.41) is 15.4. The van der Waals surface area contributed by atoms with Gasteiger partial charge in [0.15, 0.2) is 5.84 Å². The van der Waals surface area contributed by atoms with Crippen LogP contribution in [0.5, 0.6) is 11.5 Å². The number of nitrogens with one attached hydrogen (secondary N) is 1.